The van der Waals surface area contributed by atoms with E-state index >= 15 is 0 Å². The highest BCUT2D eigenvalue weighted by atomic mass is 19.1. The van der Waals surface area contributed by atoms with Crippen molar-refractivity contribution in [3.63, 3.8) is 0 Å². The molecule has 0 aromatic heterocycles. The number of hydrogen-bond donors (Lipinski definition) is 0. The smallest absolute Gasteiger partial charge is 0.123 e. The Balaban J connectivity index is 1.96. The van der Waals surface area contributed by atoms with Gasteiger partial charge < -0.3 is 0 Å². The highest BCUT2D eigenvalue weighted by Gasteiger charge is 2.40. The second kappa shape index (κ2) is 3.62. The Morgan fingerprint density at radius 2 is 1.80 bits per heavy atom. The lowest BCUT2D eigenvalue weighted by atomic mass is 9.88. The summed E-state index contributed by atoms with van der Waals surface area (Å²) in [6.45, 7) is 6.85. The van der Waals surface area contributed by atoms with Crippen molar-refractivity contribution < 1.29 is 4.39 Å². The lowest BCUT2D eigenvalue weighted by molar-refractivity contribution is 0.350. The largest absolute Gasteiger partial charge is 0.207 e. The molecule has 15 heavy (non-hydrogen) atoms. The first kappa shape index (κ1) is 10.7. The molecule has 1 fully saturated rings. The highest BCUT2D eigenvalue weighted by molar-refractivity contribution is 5.26. The summed E-state index contributed by atoms with van der Waals surface area (Å²) in [4.78, 5) is 0. The molecule has 2 unspecified atom stereocenters. The Morgan fingerprint density at radius 1 is 1.20 bits per heavy atom. The van der Waals surface area contributed by atoms with Crippen LogP contribution >= 0.6 is 0 Å². The van der Waals surface area contributed by atoms with Crippen molar-refractivity contribution in [1.29, 1.82) is 0 Å². The molecule has 1 aliphatic carbocycles. The van der Waals surface area contributed by atoms with Crippen LogP contribution in [0.3, 0.4) is 0 Å². The van der Waals surface area contributed by atoms with Crippen molar-refractivity contribution in [3.05, 3.63) is 35.6 Å². The van der Waals surface area contributed by atoms with Crippen molar-refractivity contribution in [2.24, 2.45) is 11.3 Å². The van der Waals surface area contributed by atoms with Gasteiger partial charge in [0.05, 0.1) is 0 Å². The Kier molecular flexibility index (Phi) is 2.57. The number of hydrogen-bond acceptors (Lipinski definition) is 0. The molecular formula is C14H19F. The van der Waals surface area contributed by atoms with Crippen molar-refractivity contribution in [3.8, 4) is 0 Å². The van der Waals surface area contributed by atoms with Gasteiger partial charge in [-0.3, -0.25) is 0 Å². The van der Waals surface area contributed by atoms with Crippen molar-refractivity contribution in [1.82, 2.24) is 0 Å². The van der Waals surface area contributed by atoms with E-state index in [0.717, 1.165) is 5.92 Å². The lowest BCUT2D eigenvalue weighted by Gasteiger charge is -2.17. The maximum absolute atomic E-state index is 12.7. The van der Waals surface area contributed by atoms with E-state index in [2.05, 4.69) is 20.8 Å². The zero-order chi connectivity index (χ0) is 11.1. The molecule has 82 valence electrons. The second-order valence-electron chi connectivity index (χ2n) is 5.92. The standard InChI is InChI=1S/C14H19F/c1-14(2,3)9-11-8-13(11)10-4-6-12(15)7-5-10/h4-7,11,13H,8-9H2,1-3H3. The Bertz CT molecular complexity index is 331. The maximum atomic E-state index is 12.7. The van der Waals surface area contributed by atoms with E-state index in [1.807, 2.05) is 12.1 Å². The minimum Gasteiger partial charge on any atom is -0.207 e. The van der Waals surface area contributed by atoms with Gasteiger partial charge in [-0.25, -0.2) is 4.39 Å². The predicted octanol–water partition coefficient (Wildman–Crippen LogP) is 4.37. The maximum Gasteiger partial charge on any atom is 0.123 e. The summed E-state index contributed by atoms with van der Waals surface area (Å²) in [6.07, 6.45) is 2.55. The molecule has 0 radical (unpaired) electrons. The zero-order valence-corrected chi connectivity index (χ0v) is 9.76. The van der Waals surface area contributed by atoms with Gasteiger partial charge in [-0.05, 0) is 47.8 Å². The van der Waals surface area contributed by atoms with Gasteiger partial charge in [-0.1, -0.05) is 32.9 Å². The summed E-state index contributed by atoms with van der Waals surface area (Å²) >= 11 is 0. The van der Waals surface area contributed by atoms with E-state index < -0.39 is 0 Å². The third kappa shape index (κ3) is 2.80. The molecule has 2 atom stereocenters. The normalized spacial score (nSPS) is 25.3. The fourth-order valence-electron chi connectivity index (χ4n) is 2.38. The van der Waals surface area contributed by atoms with E-state index in [1.165, 1.54) is 18.4 Å². The minimum absolute atomic E-state index is 0.133. The van der Waals surface area contributed by atoms with E-state index in [-0.39, 0.29) is 5.82 Å². The van der Waals surface area contributed by atoms with Crippen molar-refractivity contribution in [2.45, 2.75) is 39.5 Å². The topological polar surface area (TPSA) is 0 Å². The van der Waals surface area contributed by atoms with Crippen LogP contribution in [-0.4, -0.2) is 0 Å². The molecule has 0 amide bonds. The van der Waals surface area contributed by atoms with E-state index in [0.29, 0.717) is 11.3 Å². The SMILES string of the molecule is CC(C)(C)CC1CC1c1ccc(F)cc1. The first-order valence-electron chi connectivity index (χ1n) is 5.71. The Morgan fingerprint density at radius 3 is 2.33 bits per heavy atom. The predicted molar refractivity (Wildman–Crippen MR) is 61.3 cm³/mol. The third-order valence-electron chi connectivity index (χ3n) is 3.10. The quantitative estimate of drug-likeness (QED) is 0.674. The fourth-order valence-corrected chi connectivity index (χ4v) is 2.38. The average molecular weight is 206 g/mol. The summed E-state index contributed by atoms with van der Waals surface area (Å²) in [5.41, 5.74) is 1.73. The van der Waals surface area contributed by atoms with Gasteiger partial charge in [0.1, 0.15) is 5.82 Å². The number of halogens is 1. The van der Waals surface area contributed by atoms with Gasteiger partial charge in [0.25, 0.3) is 0 Å². The van der Waals surface area contributed by atoms with Gasteiger partial charge in [0.15, 0.2) is 0 Å². The summed E-state index contributed by atoms with van der Waals surface area (Å²) in [7, 11) is 0. The fraction of sp³-hybridized carbons (Fsp3) is 0.571. The molecule has 0 bridgehead atoms. The number of benzene rings is 1. The lowest BCUT2D eigenvalue weighted by Crippen LogP contribution is -2.06. The summed E-state index contributed by atoms with van der Waals surface area (Å²) in [5, 5.41) is 0. The van der Waals surface area contributed by atoms with E-state index in [9.17, 15) is 4.39 Å². The van der Waals surface area contributed by atoms with E-state index in [1.54, 1.807) is 12.1 Å². The molecule has 1 aromatic carbocycles. The van der Waals surface area contributed by atoms with Gasteiger partial charge in [0, 0.05) is 0 Å². The number of rotatable bonds is 2. The minimum atomic E-state index is -0.133. The molecule has 1 aliphatic rings. The van der Waals surface area contributed by atoms with Crippen LogP contribution in [0.15, 0.2) is 24.3 Å². The van der Waals surface area contributed by atoms with Crippen LogP contribution in [0.2, 0.25) is 0 Å². The van der Waals surface area contributed by atoms with Gasteiger partial charge in [-0.15, -0.1) is 0 Å². The van der Waals surface area contributed by atoms with Crippen LogP contribution in [0.4, 0.5) is 4.39 Å². The van der Waals surface area contributed by atoms with Crippen LogP contribution in [0, 0.1) is 17.2 Å². The first-order valence-corrected chi connectivity index (χ1v) is 5.71. The molecule has 2 rings (SSSR count). The van der Waals surface area contributed by atoms with Crippen LogP contribution in [0.1, 0.15) is 45.1 Å². The molecule has 1 saturated carbocycles. The molecule has 0 saturated heterocycles. The van der Waals surface area contributed by atoms with Crippen LogP contribution < -0.4 is 0 Å². The van der Waals surface area contributed by atoms with Gasteiger partial charge in [-0.2, -0.15) is 0 Å². The van der Waals surface area contributed by atoms with Crippen LogP contribution in [0.25, 0.3) is 0 Å². The van der Waals surface area contributed by atoms with Crippen molar-refractivity contribution >= 4 is 0 Å². The molecule has 0 N–H and O–H groups in total. The Labute approximate surface area is 91.5 Å². The molecule has 0 nitrogen and oxygen atoms in total. The molecule has 0 heterocycles. The monoisotopic (exact) mass is 206 g/mol. The second-order valence-corrected chi connectivity index (χ2v) is 5.92. The van der Waals surface area contributed by atoms with Crippen LogP contribution in [0.5, 0.6) is 0 Å². The summed E-state index contributed by atoms with van der Waals surface area (Å²) < 4.78 is 12.7. The summed E-state index contributed by atoms with van der Waals surface area (Å²) in [6, 6.07) is 7.01. The molecule has 0 spiro atoms. The van der Waals surface area contributed by atoms with E-state index in [4.69, 9.17) is 0 Å². The molecular weight excluding hydrogens is 187 g/mol. The third-order valence-corrected chi connectivity index (χ3v) is 3.10. The highest BCUT2D eigenvalue weighted by Crippen LogP contribution is 2.52. The first-order chi connectivity index (χ1) is 6.96. The van der Waals surface area contributed by atoms with Gasteiger partial charge >= 0.3 is 0 Å². The van der Waals surface area contributed by atoms with Gasteiger partial charge in [0.2, 0.25) is 0 Å². The van der Waals surface area contributed by atoms with Crippen LogP contribution in [-0.2, 0) is 0 Å². The molecule has 1 aromatic rings. The van der Waals surface area contributed by atoms with Crippen molar-refractivity contribution in [2.75, 3.05) is 0 Å². The molecule has 0 aliphatic heterocycles. The Hall–Kier alpha value is -0.850. The average Bonchev–Trinajstić information content (AvgIpc) is 2.82. The summed E-state index contributed by atoms with van der Waals surface area (Å²) in [5.74, 6) is 1.37. The zero-order valence-electron chi connectivity index (χ0n) is 9.76. The molecule has 1 heteroatoms.